The number of hydrogen-bond donors (Lipinski definition) is 1. The van der Waals surface area contributed by atoms with Crippen molar-refractivity contribution in [3.63, 3.8) is 0 Å². The Morgan fingerprint density at radius 3 is 2.64 bits per heavy atom. The first-order valence-corrected chi connectivity index (χ1v) is 10.8. The summed E-state index contributed by atoms with van der Waals surface area (Å²) in [4.78, 5) is 24.6. The number of rotatable bonds is 6. The van der Waals surface area contributed by atoms with Crippen molar-refractivity contribution < 1.29 is 17.9 Å². The Balaban J connectivity index is 1.64. The second kappa shape index (κ2) is 8.64. The Hall–Kier alpha value is -2.55. The van der Waals surface area contributed by atoms with Gasteiger partial charge in [-0.3, -0.25) is 9.78 Å². The van der Waals surface area contributed by atoms with Crippen LogP contribution >= 0.6 is 0 Å². The molecule has 28 heavy (non-hydrogen) atoms. The van der Waals surface area contributed by atoms with Crippen molar-refractivity contribution in [2.24, 2.45) is 5.92 Å². The van der Waals surface area contributed by atoms with Crippen molar-refractivity contribution >= 4 is 21.6 Å². The van der Waals surface area contributed by atoms with Crippen molar-refractivity contribution in [1.29, 1.82) is 0 Å². The van der Waals surface area contributed by atoms with Crippen molar-refractivity contribution in [3.8, 4) is 5.75 Å². The van der Waals surface area contributed by atoms with E-state index < -0.39 is 21.0 Å². The van der Waals surface area contributed by atoms with Gasteiger partial charge in [-0.05, 0) is 45.2 Å². The van der Waals surface area contributed by atoms with Gasteiger partial charge in [0.05, 0.1) is 23.7 Å². The van der Waals surface area contributed by atoms with E-state index in [0.29, 0.717) is 30.8 Å². The molecule has 0 bridgehead atoms. The third-order valence-corrected chi connectivity index (χ3v) is 6.73. The lowest BCUT2D eigenvalue weighted by Gasteiger charge is -2.27. The fourth-order valence-electron chi connectivity index (χ4n) is 3.29. The first-order chi connectivity index (χ1) is 13.4. The van der Waals surface area contributed by atoms with E-state index in [2.05, 4.69) is 20.3 Å². The van der Waals surface area contributed by atoms with Gasteiger partial charge < -0.3 is 10.1 Å². The lowest BCUT2D eigenvalue weighted by molar-refractivity contribution is -0.120. The quantitative estimate of drug-likeness (QED) is 0.788. The van der Waals surface area contributed by atoms with Crippen molar-refractivity contribution in [3.05, 3.63) is 36.9 Å². The van der Waals surface area contributed by atoms with E-state index in [1.54, 1.807) is 18.3 Å². The predicted molar refractivity (Wildman–Crippen MR) is 104 cm³/mol. The Bertz CT molecular complexity index is 901. The summed E-state index contributed by atoms with van der Waals surface area (Å²) in [5.74, 6) is 0.434. The van der Waals surface area contributed by atoms with Gasteiger partial charge >= 0.3 is 0 Å². The van der Waals surface area contributed by atoms with Gasteiger partial charge in [0, 0.05) is 18.3 Å². The number of ether oxygens (including phenoxy) is 1. The Morgan fingerprint density at radius 2 is 2.00 bits per heavy atom. The first kappa shape index (κ1) is 20.2. The number of amides is 1. The zero-order valence-electron chi connectivity index (χ0n) is 15.9. The maximum atomic E-state index is 12.8. The van der Waals surface area contributed by atoms with Gasteiger partial charge in [-0.25, -0.2) is 18.4 Å². The second-order valence-electron chi connectivity index (χ2n) is 7.11. The number of sulfone groups is 1. The smallest absolute Gasteiger partial charge is 0.228 e. The highest BCUT2D eigenvalue weighted by Gasteiger charge is 2.36. The Labute approximate surface area is 164 Å². The van der Waals surface area contributed by atoms with Gasteiger partial charge in [0.2, 0.25) is 5.91 Å². The van der Waals surface area contributed by atoms with Crippen molar-refractivity contribution in [1.82, 2.24) is 15.0 Å². The highest BCUT2D eigenvalue weighted by Crippen LogP contribution is 2.32. The molecule has 1 saturated carbocycles. The van der Waals surface area contributed by atoms with Gasteiger partial charge in [0.25, 0.3) is 0 Å². The Kier molecular flexibility index (Phi) is 6.23. The topological polar surface area (TPSA) is 111 Å². The molecule has 2 aromatic rings. The number of anilines is 1. The molecule has 1 amide bonds. The summed E-state index contributed by atoms with van der Waals surface area (Å²) in [6.07, 6.45) is 7.73. The maximum Gasteiger partial charge on any atom is 0.228 e. The first-order valence-electron chi connectivity index (χ1n) is 9.29. The lowest BCUT2D eigenvalue weighted by Crippen LogP contribution is -2.34. The van der Waals surface area contributed by atoms with Crippen LogP contribution in [0.3, 0.4) is 0 Å². The monoisotopic (exact) mass is 404 g/mol. The van der Waals surface area contributed by atoms with E-state index in [4.69, 9.17) is 4.74 Å². The molecule has 2 atom stereocenters. The van der Waals surface area contributed by atoms with Crippen LogP contribution in [0.25, 0.3) is 0 Å². The molecule has 0 saturated heterocycles. The molecule has 0 aromatic carbocycles. The Morgan fingerprint density at radius 1 is 1.18 bits per heavy atom. The average molecular weight is 404 g/mol. The molecule has 1 aliphatic rings. The van der Waals surface area contributed by atoms with Crippen LogP contribution in [0.1, 0.15) is 39.5 Å². The fourth-order valence-corrected chi connectivity index (χ4v) is 5.01. The highest BCUT2D eigenvalue weighted by atomic mass is 32.2. The molecule has 1 aliphatic carbocycles. The molecule has 1 N–H and O–H groups in total. The number of nitrogens with one attached hydrogen (secondary N) is 1. The van der Waals surface area contributed by atoms with Crippen LogP contribution in [0.2, 0.25) is 0 Å². The molecular weight excluding hydrogens is 380 g/mol. The van der Waals surface area contributed by atoms with Crippen LogP contribution < -0.4 is 10.1 Å². The van der Waals surface area contributed by atoms with E-state index in [9.17, 15) is 13.2 Å². The number of pyridine rings is 1. The predicted octanol–water partition coefficient (Wildman–Crippen LogP) is 2.63. The molecular formula is C19H24N4O4S. The number of nitrogens with zero attached hydrogens (tertiary/aromatic N) is 3. The zero-order chi connectivity index (χ0) is 20.1. The van der Waals surface area contributed by atoms with Crippen LogP contribution in [-0.2, 0) is 14.6 Å². The summed E-state index contributed by atoms with van der Waals surface area (Å²) >= 11 is 0. The number of carbonyl (C=O) groups is 1. The largest absolute Gasteiger partial charge is 0.489 e. The summed E-state index contributed by atoms with van der Waals surface area (Å²) in [5, 5.41) is 2.10. The minimum absolute atomic E-state index is 0.0385. The minimum Gasteiger partial charge on any atom is -0.489 e. The molecule has 2 aromatic heterocycles. The van der Waals surface area contributed by atoms with E-state index in [-0.39, 0.29) is 23.5 Å². The van der Waals surface area contributed by atoms with Crippen LogP contribution in [0.15, 0.2) is 41.9 Å². The summed E-state index contributed by atoms with van der Waals surface area (Å²) in [6.45, 7) is 3.84. The zero-order valence-corrected chi connectivity index (χ0v) is 16.7. The summed E-state index contributed by atoms with van der Waals surface area (Å²) in [5.41, 5.74) is 0. The number of hydrogen-bond acceptors (Lipinski definition) is 7. The van der Waals surface area contributed by atoms with E-state index in [0.717, 1.165) is 0 Å². The van der Waals surface area contributed by atoms with Crippen LogP contribution in [-0.4, -0.2) is 40.6 Å². The lowest BCUT2D eigenvalue weighted by atomic mass is 9.88. The third kappa shape index (κ3) is 4.83. The fraction of sp³-hybridized carbons (Fsp3) is 0.474. The maximum absolute atomic E-state index is 12.8. The average Bonchev–Trinajstić information content (AvgIpc) is 2.70. The van der Waals surface area contributed by atoms with Crippen LogP contribution in [0.5, 0.6) is 5.75 Å². The normalized spacial score (nSPS) is 20.0. The standard InChI is InChI=1S/C19H24N4O4S/c1-13(2)27-15-6-7-17(22-11-15)23-19(24)14-4-3-5-16(10-14)28(25,26)18-12-20-8-9-21-18/h6-9,11-14,16H,3-5,10H2,1-2H3,(H,22,23,24)/t14-,16-/m1/s1. The molecule has 1 fully saturated rings. The third-order valence-electron chi connectivity index (χ3n) is 4.63. The molecule has 2 heterocycles. The van der Waals surface area contributed by atoms with Gasteiger partial charge in [0.1, 0.15) is 11.6 Å². The van der Waals surface area contributed by atoms with Crippen LogP contribution in [0.4, 0.5) is 5.82 Å². The van der Waals surface area contributed by atoms with Gasteiger partial charge in [0.15, 0.2) is 14.9 Å². The molecule has 150 valence electrons. The molecule has 0 radical (unpaired) electrons. The molecule has 0 unspecified atom stereocenters. The van der Waals surface area contributed by atoms with Gasteiger partial charge in [-0.2, -0.15) is 0 Å². The van der Waals surface area contributed by atoms with Crippen LogP contribution in [0, 0.1) is 5.92 Å². The van der Waals surface area contributed by atoms with Crippen molar-refractivity contribution in [2.45, 2.75) is 55.9 Å². The van der Waals surface area contributed by atoms with E-state index in [1.165, 1.54) is 18.6 Å². The molecule has 8 nitrogen and oxygen atoms in total. The number of aromatic nitrogens is 3. The summed E-state index contributed by atoms with van der Waals surface area (Å²) < 4.78 is 31.1. The second-order valence-corrected chi connectivity index (χ2v) is 9.28. The van der Waals surface area contributed by atoms with Gasteiger partial charge in [-0.15, -0.1) is 0 Å². The summed E-state index contributed by atoms with van der Waals surface area (Å²) in [7, 11) is -3.60. The summed E-state index contributed by atoms with van der Waals surface area (Å²) in [6, 6.07) is 3.41. The number of carbonyl (C=O) groups excluding carboxylic acids is 1. The SMILES string of the molecule is CC(C)Oc1ccc(NC(=O)[C@@H]2CCC[C@@H](S(=O)(=O)c3cnccn3)C2)nc1. The van der Waals surface area contributed by atoms with E-state index in [1.807, 2.05) is 13.8 Å². The highest BCUT2D eigenvalue weighted by molar-refractivity contribution is 7.92. The van der Waals surface area contributed by atoms with Crippen molar-refractivity contribution in [2.75, 3.05) is 5.32 Å². The van der Waals surface area contributed by atoms with Gasteiger partial charge in [-0.1, -0.05) is 6.42 Å². The molecule has 3 rings (SSSR count). The van der Waals surface area contributed by atoms with E-state index >= 15 is 0 Å². The molecule has 9 heteroatoms. The molecule has 0 aliphatic heterocycles. The minimum atomic E-state index is -3.60. The molecule has 0 spiro atoms.